The molecule has 1 saturated heterocycles. The number of carbonyl (C=O) groups excluding carboxylic acids is 1. The predicted molar refractivity (Wildman–Crippen MR) is 57.1 cm³/mol. The highest BCUT2D eigenvalue weighted by Gasteiger charge is 2.25. The maximum Gasteiger partial charge on any atom is 0.305 e. The summed E-state index contributed by atoms with van der Waals surface area (Å²) in [6.07, 6.45) is -0.0207. The highest BCUT2D eigenvalue weighted by atomic mass is 16.5. The highest BCUT2D eigenvalue weighted by molar-refractivity contribution is 5.82. The molecule has 1 unspecified atom stereocenters. The van der Waals surface area contributed by atoms with Gasteiger partial charge in [0, 0.05) is 19.6 Å². The van der Waals surface area contributed by atoms with Crippen molar-refractivity contribution < 1.29 is 19.4 Å². The molecule has 6 heteroatoms. The lowest BCUT2D eigenvalue weighted by Crippen LogP contribution is -2.52. The Morgan fingerprint density at radius 3 is 2.81 bits per heavy atom. The van der Waals surface area contributed by atoms with Crippen molar-refractivity contribution in [2.75, 3.05) is 32.8 Å². The van der Waals surface area contributed by atoms with Gasteiger partial charge in [-0.2, -0.15) is 0 Å². The Bertz CT molecular complexity index is 251. The number of nitrogens with zero attached hydrogens (tertiary/aromatic N) is 1. The summed E-state index contributed by atoms with van der Waals surface area (Å²) in [5.41, 5.74) is 0. The molecule has 1 rings (SSSR count). The number of carboxylic acids is 1. The zero-order valence-corrected chi connectivity index (χ0v) is 9.44. The van der Waals surface area contributed by atoms with Gasteiger partial charge in [-0.05, 0) is 6.92 Å². The molecule has 0 radical (unpaired) electrons. The van der Waals surface area contributed by atoms with Gasteiger partial charge in [0.05, 0.1) is 19.6 Å². The van der Waals surface area contributed by atoms with E-state index < -0.39 is 5.97 Å². The number of rotatable bonds is 5. The number of carbonyl (C=O) groups is 2. The lowest BCUT2D eigenvalue weighted by atomic mass is 10.2. The number of morpholine rings is 1. The molecule has 0 bridgehead atoms. The van der Waals surface area contributed by atoms with Crippen LogP contribution in [0.4, 0.5) is 0 Å². The summed E-state index contributed by atoms with van der Waals surface area (Å²) >= 11 is 0. The second-order valence-corrected chi connectivity index (χ2v) is 3.64. The molecule has 16 heavy (non-hydrogen) atoms. The Kier molecular flexibility index (Phi) is 5.21. The van der Waals surface area contributed by atoms with Gasteiger partial charge in [-0.25, -0.2) is 0 Å². The lowest BCUT2D eigenvalue weighted by Gasteiger charge is -2.29. The van der Waals surface area contributed by atoms with Crippen LogP contribution in [0.5, 0.6) is 0 Å². The fourth-order valence-electron chi connectivity index (χ4n) is 1.60. The van der Waals surface area contributed by atoms with Crippen LogP contribution >= 0.6 is 0 Å². The van der Waals surface area contributed by atoms with Gasteiger partial charge in [0.15, 0.2) is 0 Å². The quantitative estimate of drug-likeness (QED) is 0.653. The summed E-state index contributed by atoms with van der Waals surface area (Å²) in [7, 11) is 0. The Morgan fingerprint density at radius 2 is 2.31 bits per heavy atom. The maximum absolute atomic E-state index is 11.9. The van der Waals surface area contributed by atoms with E-state index in [1.807, 2.05) is 6.92 Å². The maximum atomic E-state index is 11.9. The molecule has 0 aliphatic carbocycles. The average molecular weight is 230 g/mol. The molecule has 2 N–H and O–H groups in total. The minimum Gasteiger partial charge on any atom is -0.481 e. The molecule has 1 aliphatic rings. The van der Waals surface area contributed by atoms with Crippen LogP contribution in [0.15, 0.2) is 0 Å². The van der Waals surface area contributed by atoms with Crippen molar-refractivity contribution in [2.45, 2.75) is 19.4 Å². The second-order valence-electron chi connectivity index (χ2n) is 3.64. The number of nitrogens with one attached hydrogen (secondary N) is 1. The molecular weight excluding hydrogens is 212 g/mol. The summed E-state index contributed by atoms with van der Waals surface area (Å²) in [6.45, 7) is 4.25. The van der Waals surface area contributed by atoms with Crippen LogP contribution in [0.1, 0.15) is 13.3 Å². The summed E-state index contributed by atoms with van der Waals surface area (Å²) in [5.74, 6) is -0.970. The smallest absolute Gasteiger partial charge is 0.305 e. The van der Waals surface area contributed by atoms with Gasteiger partial charge in [0.1, 0.15) is 6.04 Å². The fourth-order valence-corrected chi connectivity index (χ4v) is 1.60. The van der Waals surface area contributed by atoms with Gasteiger partial charge in [-0.15, -0.1) is 0 Å². The number of hydrogen-bond donors (Lipinski definition) is 2. The van der Waals surface area contributed by atoms with E-state index in [1.165, 1.54) is 0 Å². The number of hydrogen-bond acceptors (Lipinski definition) is 4. The van der Waals surface area contributed by atoms with Crippen molar-refractivity contribution in [3.63, 3.8) is 0 Å². The molecule has 1 atom stereocenters. The minimum absolute atomic E-state index is 0.0207. The van der Waals surface area contributed by atoms with Gasteiger partial charge in [0.2, 0.25) is 5.91 Å². The van der Waals surface area contributed by atoms with Gasteiger partial charge < -0.3 is 20.1 Å². The van der Waals surface area contributed by atoms with Crippen LogP contribution in [-0.4, -0.2) is 60.8 Å². The Hall–Kier alpha value is -1.14. The third-order valence-corrected chi connectivity index (χ3v) is 2.51. The standard InChI is InChI=1S/C10H18N2O4/c1-2-12(5-3-9(13)14)10(15)8-7-16-6-4-11-8/h8,11H,2-7H2,1H3,(H,13,14). The SMILES string of the molecule is CCN(CCC(=O)O)C(=O)C1COCCN1. The Balaban J connectivity index is 2.44. The summed E-state index contributed by atoms with van der Waals surface area (Å²) < 4.78 is 5.20. The number of amides is 1. The molecular formula is C10H18N2O4. The average Bonchev–Trinajstić information content (AvgIpc) is 2.30. The second kappa shape index (κ2) is 6.44. The van der Waals surface area contributed by atoms with Crippen LogP contribution in [-0.2, 0) is 14.3 Å². The normalized spacial score (nSPS) is 20.4. The van der Waals surface area contributed by atoms with E-state index >= 15 is 0 Å². The lowest BCUT2D eigenvalue weighted by molar-refractivity contribution is -0.140. The van der Waals surface area contributed by atoms with Gasteiger partial charge in [-0.3, -0.25) is 9.59 Å². The van der Waals surface area contributed by atoms with Gasteiger partial charge >= 0.3 is 5.97 Å². The van der Waals surface area contributed by atoms with Crippen molar-refractivity contribution in [3.05, 3.63) is 0 Å². The topological polar surface area (TPSA) is 78.9 Å². The Labute approximate surface area is 94.6 Å². The number of carboxylic acid groups (broad SMARTS) is 1. The molecule has 1 heterocycles. The first-order valence-corrected chi connectivity index (χ1v) is 5.47. The van der Waals surface area contributed by atoms with E-state index in [2.05, 4.69) is 5.32 Å². The van der Waals surface area contributed by atoms with E-state index in [0.717, 1.165) is 0 Å². The van der Waals surface area contributed by atoms with Crippen molar-refractivity contribution in [1.29, 1.82) is 0 Å². The monoisotopic (exact) mass is 230 g/mol. The first-order valence-electron chi connectivity index (χ1n) is 5.47. The van der Waals surface area contributed by atoms with E-state index in [4.69, 9.17) is 9.84 Å². The van der Waals surface area contributed by atoms with Crippen molar-refractivity contribution in [2.24, 2.45) is 0 Å². The molecule has 0 aromatic rings. The van der Waals surface area contributed by atoms with Gasteiger partial charge in [0.25, 0.3) is 0 Å². The molecule has 0 aromatic carbocycles. The molecule has 92 valence electrons. The van der Waals surface area contributed by atoms with Crippen molar-refractivity contribution >= 4 is 11.9 Å². The first-order chi connectivity index (χ1) is 7.65. The molecule has 1 amide bonds. The fraction of sp³-hybridized carbons (Fsp3) is 0.800. The molecule has 1 aliphatic heterocycles. The number of aliphatic carboxylic acids is 1. The van der Waals surface area contributed by atoms with Crippen molar-refractivity contribution in [3.8, 4) is 0 Å². The predicted octanol–water partition coefficient (Wildman–Crippen LogP) is -0.702. The third kappa shape index (κ3) is 3.79. The summed E-state index contributed by atoms with van der Waals surface area (Å²) in [6, 6.07) is -0.331. The molecule has 0 saturated carbocycles. The first kappa shape index (κ1) is 12.9. The van der Waals surface area contributed by atoms with E-state index in [-0.39, 0.29) is 24.9 Å². The molecule has 0 aromatic heterocycles. The van der Waals surface area contributed by atoms with Crippen LogP contribution in [0.3, 0.4) is 0 Å². The van der Waals surface area contributed by atoms with Crippen molar-refractivity contribution in [1.82, 2.24) is 10.2 Å². The zero-order valence-electron chi connectivity index (χ0n) is 9.44. The number of likely N-dealkylation sites (N-methyl/N-ethyl adjacent to an activating group) is 1. The van der Waals surface area contributed by atoms with E-state index in [0.29, 0.717) is 26.3 Å². The van der Waals surface area contributed by atoms with E-state index in [1.54, 1.807) is 4.90 Å². The highest BCUT2D eigenvalue weighted by Crippen LogP contribution is 2.01. The summed E-state index contributed by atoms with van der Waals surface area (Å²) in [5, 5.41) is 11.6. The third-order valence-electron chi connectivity index (χ3n) is 2.51. The molecule has 6 nitrogen and oxygen atoms in total. The Morgan fingerprint density at radius 1 is 1.56 bits per heavy atom. The zero-order chi connectivity index (χ0) is 12.0. The molecule has 0 spiro atoms. The van der Waals surface area contributed by atoms with Crippen LogP contribution < -0.4 is 5.32 Å². The van der Waals surface area contributed by atoms with Crippen LogP contribution in [0.2, 0.25) is 0 Å². The number of ether oxygens (including phenoxy) is 1. The van der Waals surface area contributed by atoms with Crippen LogP contribution in [0.25, 0.3) is 0 Å². The van der Waals surface area contributed by atoms with Crippen LogP contribution in [0, 0.1) is 0 Å². The largest absolute Gasteiger partial charge is 0.481 e. The minimum atomic E-state index is -0.890. The summed E-state index contributed by atoms with van der Waals surface area (Å²) in [4.78, 5) is 23.9. The van der Waals surface area contributed by atoms with E-state index in [9.17, 15) is 9.59 Å². The molecule has 1 fully saturated rings. The van der Waals surface area contributed by atoms with Gasteiger partial charge in [-0.1, -0.05) is 0 Å².